The van der Waals surface area contributed by atoms with Crippen molar-refractivity contribution in [2.45, 2.75) is 11.2 Å². The van der Waals surface area contributed by atoms with Crippen molar-refractivity contribution in [1.29, 1.82) is 0 Å². The number of hydrogen-bond acceptors (Lipinski definition) is 2. The average molecular weight is 432 g/mol. The zero-order valence-electron chi connectivity index (χ0n) is 15.3. The second-order valence-electron chi connectivity index (χ2n) is 6.67. The summed E-state index contributed by atoms with van der Waals surface area (Å²) in [5.74, 6) is -0.561. The number of allylic oxidation sites excluding steroid dienone is 1. The first-order valence-corrected chi connectivity index (χ1v) is 9.79. The van der Waals surface area contributed by atoms with Gasteiger partial charge in [0.05, 0.1) is 5.70 Å². The number of rotatable bonds is 3. The van der Waals surface area contributed by atoms with E-state index >= 15 is 0 Å². The van der Waals surface area contributed by atoms with Crippen LogP contribution < -0.4 is 4.90 Å². The fourth-order valence-corrected chi connectivity index (χ4v) is 4.31. The maximum atomic E-state index is 13.8. The van der Waals surface area contributed by atoms with Crippen molar-refractivity contribution in [1.82, 2.24) is 0 Å². The van der Waals surface area contributed by atoms with Gasteiger partial charge in [0.15, 0.2) is 10.1 Å². The molecule has 1 aliphatic rings. The van der Waals surface area contributed by atoms with Gasteiger partial charge in [0, 0.05) is 11.3 Å². The number of halogens is 1. The van der Waals surface area contributed by atoms with E-state index in [4.69, 9.17) is 0 Å². The van der Waals surface area contributed by atoms with Gasteiger partial charge < -0.3 is 0 Å². The predicted octanol–water partition coefficient (Wildman–Crippen LogP) is 5.32. The predicted molar refractivity (Wildman–Crippen MR) is 115 cm³/mol. The lowest BCUT2D eigenvalue weighted by Crippen LogP contribution is -2.52. The maximum absolute atomic E-state index is 13.8. The van der Waals surface area contributed by atoms with E-state index in [1.165, 1.54) is 0 Å². The number of carbonyl (C=O) groups excluding carboxylic acids is 2. The quantitative estimate of drug-likeness (QED) is 0.415. The Balaban J connectivity index is 2.00. The Morgan fingerprint density at radius 2 is 1.25 bits per heavy atom. The third-order valence-electron chi connectivity index (χ3n) is 4.96. The van der Waals surface area contributed by atoms with Crippen LogP contribution in [0, 0.1) is 0 Å². The van der Waals surface area contributed by atoms with E-state index in [0.717, 1.165) is 11.3 Å². The molecule has 0 bridgehead atoms. The summed E-state index contributed by atoms with van der Waals surface area (Å²) < 4.78 is -1.45. The van der Waals surface area contributed by atoms with Crippen molar-refractivity contribution in [3.63, 3.8) is 0 Å². The molecule has 28 heavy (non-hydrogen) atoms. The molecule has 1 aliphatic heterocycles. The summed E-state index contributed by atoms with van der Waals surface area (Å²) in [4.78, 5) is 28.9. The first-order valence-electron chi connectivity index (χ1n) is 9.00. The molecule has 0 saturated heterocycles. The van der Waals surface area contributed by atoms with Crippen LogP contribution in [-0.2, 0) is 13.9 Å². The molecule has 0 aliphatic carbocycles. The highest BCUT2D eigenvalue weighted by atomic mass is 79.9. The number of alkyl halides is 1. The third-order valence-corrected chi connectivity index (χ3v) is 6.12. The van der Waals surface area contributed by atoms with E-state index in [-0.39, 0.29) is 11.7 Å². The van der Waals surface area contributed by atoms with Crippen LogP contribution in [-0.4, -0.2) is 11.7 Å². The molecule has 3 aromatic carbocycles. The van der Waals surface area contributed by atoms with Crippen molar-refractivity contribution in [3.8, 4) is 0 Å². The number of Topliss-reactive ketones (excluding diaryl/α,β-unsaturated/α-hetero) is 1. The number of hydrogen-bond donors (Lipinski definition) is 0. The van der Waals surface area contributed by atoms with Gasteiger partial charge in [-0.3, -0.25) is 14.5 Å². The number of ketones is 1. The minimum absolute atomic E-state index is 0.241. The smallest absolute Gasteiger partial charge is 0.261 e. The van der Waals surface area contributed by atoms with Crippen molar-refractivity contribution in [2.24, 2.45) is 0 Å². The molecule has 1 heterocycles. The summed E-state index contributed by atoms with van der Waals surface area (Å²) in [7, 11) is 0. The van der Waals surface area contributed by atoms with Gasteiger partial charge in [-0.1, -0.05) is 94.8 Å². The number of benzene rings is 3. The summed E-state index contributed by atoms with van der Waals surface area (Å²) in [6, 6.07) is 28.1. The summed E-state index contributed by atoms with van der Waals surface area (Å²) in [5, 5.41) is 0. The molecular formula is C24H18BrNO2. The van der Waals surface area contributed by atoms with Crippen LogP contribution in [0.2, 0.25) is 0 Å². The standard InChI is InChI=1S/C24H18BrNO2/c1-17-21(18-11-5-2-6-12-18)26(20-15-9-4-10-16-20)23(28)24(25,22(17)27)19-13-7-3-8-14-19/h2-16H,1H3. The Morgan fingerprint density at radius 1 is 0.750 bits per heavy atom. The van der Waals surface area contributed by atoms with Gasteiger partial charge in [-0.05, 0) is 30.2 Å². The Morgan fingerprint density at radius 3 is 1.82 bits per heavy atom. The fraction of sp³-hybridized carbons (Fsp3) is 0.0833. The van der Waals surface area contributed by atoms with Gasteiger partial charge >= 0.3 is 0 Å². The van der Waals surface area contributed by atoms with E-state index in [0.29, 0.717) is 16.8 Å². The molecule has 0 radical (unpaired) electrons. The number of amides is 1. The van der Waals surface area contributed by atoms with Gasteiger partial charge in [0.25, 0.3) is 5.91 Å². The molecule has 0 aromatic heterocycles. The zero-order valence-corrected chi connectivity index (χ0v) is 16.9. The van der Waals surface area contributed by atoms with E-state index in [1.807, 2.05) is 78.9 Å². The third kappa shape index (κ3) is 2.81. The van der Waals surface area contributed by atoms with Crippen LogP contribution in [0.1, 0.15) is 18.1 Å². The van der Waals surface area contributed by atoms with Crippen LogP contribution in [0.25, 0.3) is 5.70 Å². The molecule has 3 aromatic rings. The normalized spacial score (nSPS) is 19.9. The molecule has 0 saturated carbocycles. The van der Waals surface area contributed by atoms with Crippen LogP contribution in [0.3, 0.4) is 0 Å². The van der Waals surface area contributed by atoms with Gasteiger partial charge in [-0.25, -0.2) is 0 Å². The average Bonchev–Trinajstić information content (AvgIpc) is 2.76. The number of nitrogens with zero attached hydrogens (tertiary/aromatic N) is 1. The molecule has 1 unspecified atom stereocenters. The van der Waals surface area contributed by atoms with Crippen LogP contribution >= 0.6 is 15.9 Å². The Hall–Kier alpha value is -2.98. The zero-order chi connectivity index (χ0) is 19.7. The van der Waals surface area contributed by atoms with E-state index < -0.39 is 4.32 Å². The minimum atomic E-state index is -1.45. The molecule has 0 fully saturated rings. The Bertz CT molecular complexity index is 1060. The van der Waals surface area contributed by atoms with Crippen molar-refractivity contribution in [2.75, 3.05) is 4.90 Å². The number of para-hydroxylation sites is 1. The number of anilines is 1. The van der Waals surface area contributed by atoms with Gasteiger partial charge in [-0.15, -0.1) is 0 Å². The molecular weight excluding hydrogens is 414 g/mol. The van der Waals surface area contributed by atoms with Crippen LogP contribution in [0.5, 0.6) is 0 Å². The lowest BCUT2D eigenvalue weighted by atomic mass is 9.83. The molecule has 138 valence electrons. The first-order chi connectivity index (χ1) is 13.5. The summed E-state index contributed by atoms with van der Waals surface area (Å²) in [5.41, 5.74) is 3.33. The maximum Gasteiger partial charge on any atom is 0.261 e. The lowest BCUT2D eigenvalue weighted by Gasteiger charge is -2.39. The lowest BCUT2D eigenvalue weighted by molar-refractivity contribution is -0.128. The molecule has 1 amide bonds. The molecule has 0 spiro atoms. The highest BCUT2D eigenvalue weighted by molar-refractivity contribution is 9.10. The largest absolute Gasteiger partial charge is 0.292 e. The second-order valence-corrected chi connectivity index (χ2v) is 7.86. The molecule has 4 heteroatoms. The van der Waals surface area contributed by atoms with E-state index in [2.05, 4.69) is 15.9 Å². The van der Waals surface area contributed by atoms with E-state index in [1.54, 1.807) is 24.0 Å². The first kappa shape index (κ1) is 18.4. The molecule has 3 nitrogen and oxygen atoms in total. The van der Waals surface area contributed by atoms with Crippen molar-refractivity contribution >= 4 is 39.0 Å². The monoisotopic (exact) mass is 431 g/mol. The van der Waals surface area contributed by atoms with Crippen LogP contribution in [0.4, 0.5) is 5.69 Å². The minimum Gasteiger partial charge on any atom is -0.292 e. The van der Waals surface area contributed by atoms with Crippen molar-refractivity contribution in [3.05, 3.63) is 108 Å². The highest BCUT2D eigenvalue weighted by Crippen LogP contribution is 2.45. The Labute approximate surface area is 172 Å². The molecule has 0 N–H and O–H groups in total. The van der Waals surface area contributed by atoms with E-state index in [9.17, 15) is 9.59 Å². The second kappa shape index (κ2) is 7.21. The SMILES string of the molecule is CC1=C(c2ccccc2)N(c2ccccc2)C(=O)C(Br)(c2ccccc2)C1=O. The van der Waals surface area contributed by atoms with Crippen molar-refractivity contribution < 1.29 is 9.59 Å². The summed E-state index contributed by atoms with van der Waals surface area (Å²) >= 11 is 3.54. The summed E-state index contributed by atoms with van der Waals surface area (Å²) in [6.07, 6.45) is 0. The number of carbonyl (C=O) groups is 2. The molecule has 4 rings (SSSR count). The highest BCUT2D eigenvalue weighted by Gasteiger charge is 2.53. The van der Waals surface area contributed by atoms with Gasteiger partial charge in [-0.2, -0.15) is 0 Å². The fourth-order valence-electron chi connectivity index (χ4n) is 3.57. The van der Waals surface area contributed by atoms with Gasteiger partial charge in [0.1, 0.15) is 0 Å². The molecule has 1 atom stereocenters. The topological polar surface area (TPSA) is 37.4 Å². The van der Waals surface area contributed by atoms with Gasteiger partial charge in [0.2, 0.25) is 0 Å². The Kier molecular flexibility index (Phi) is 4.73. The summed E-state index contributed by atoms with van der Waals surface area (Å²) in [6.45, 7) is 1.78. The van der Waals surface area contributed by atoms with Crippen LogP contribution in [0.15, 0.2) is 96.6 Å².